The van der Waals surface area contributed by atoms with Crippen LogP contribution < -0.4 is 27.0 Å². The molecule has 1 aliphatic carbocycles. The van der Waals surface area contributed by atoms with Crippen LogP contribution in [-0.2, 0) is 6.42 Å². The van der Waals surface area contributed by atoms with Crippen molar-refractivity contribution in [3.05, 3.63) is 183 Å². The highest BCUT2D eigenvalue weighted by atomic mass is 35.5. The Balaban J connectivity index is 0.000000133. The third-order valence-corrected chi connectivity index (χ3v) is 14.2. The lowest BCUT2D eigenvalue weighted by Gasteiger charge is -2.12. The number of hydrogen-bond acceptors (Lipinski definition) is 17. The molecule has 1 saturated carbocycles. The number of pyridine rings is 3. The van der Waals surface area contributed by atoms with Crippen molar-refractivity contribution in [3.63, 3.8) is 0 Å². The number of aromatic nitrogens is 9. The highest BCUT2D eigenvalue weighted by Crippen LogP contribution is 2.37. The molecule has 0 amide bonds. The molecule has 1 aliphatic rings. The predicted octanol–water partition coefficient (Wildman–Crippen LogP) is 13.8. The van der Waals surface area contributed by atoms with Crippen molar-refractivity contribution in [2.24, 2.45) is 5.92 Å². The molecule has 20 nitrogen and oxygen atoms in total. The first kappa shape index (κ1) is 56.5. The van der Waals surface area contributed by atoms with E-state index in [2.05, 4.69) is 61.1 Å². The second kappa shape index (κ2) is 23.5. The van der Waals surface area contributed by atoms with E-state index in [-0.39, 0.29) is 37.7 Å². The van der Waals surface area contributed by atoms with Gasteiger partial charge in [0.15, 0.2) is 17.5 Å². The number of nitrogens with two attached hydrogens (primary N) is 1. The van der Waals surface area contributed by atoms with Crippen LogP contribution >= 0.6 is 34.8 Å². The Morgan fingerprint density at radius 2 is 0.871 bits per heavy atom. The van der Waals surface area contributed by atoms with Crippen LogP contribution in [0.15, 0.2) is 128 Å². The summed E-state index contributed by atoms with van der Waals surface area (Å²) in [6, 6.07) is 26.6. The van der Waals surface area contributed by atoms with Crippen LogP contribution in [0.3, 0.4) is 0 Å². The summed E-state index contributed by atoms with van der Waals surface area (Å²) in [6.45, 7) is 0. The first-order chi connectivity index (χ1) is 40.8. The zero-order valence-corrected chi connectivity index (χ0v) is 46.0. The van der Waals surface area contributed by atoms with Crippen LogP contribution in [-0.4, -0.2) is 85.1 Å². The van der Waals surface area contributed by atoms with Gasteiger partial charge in [-0.05, 0) is 110 Å². The Bertz CT molecular complexity index is 4740. The number of carbonyl (C=O) groups is 3. The lowest BCUT2D eigenvalue weighted by atomic mass is 10.1. The Kier molecular flexibility index (Phi) is 15.6. The van der Waals surface area contributed by atoms with Crippen LogP contribution in [0.2, 0.25) is 15.1 Å². The zero-order valence-electron chi connectivity index (χ0n) is 43.8. The Labute approximate surface area is 492 Å². The van der Waals surface area contributed by atoms with Gasteiger partial charge in [-0.2, -0.15) is 0 Å². The van der Waals surface area contributed by atoms with E-state index in [1.807, 2.05) is 0 Å². The lowest BCUT2D eigenvalue weighted by molar-refractivity contribution is 0.0686. The molecule has 0 unspecified atom stereocenters. The number of nitrogen functional groups attached to an aromatic ring is 1. The fourth-order valence-corrected chi connectivity index (χ4v) is 9.54. The fraction of sp³-hybridized carbons (Fsp3) is 0.0847. The van der Waals surface area contributed by atoms with Crippen LogP contribution in [0.5, 0.6) is 0 Å². The van der Waals surface area contributed by atoms with Gasteiger partial charge in [-0.25, -0.2) is 72.4 Å². The van der Waals surface area contributed by atoms with E-state index in [9.17, 15) is 42.9 Å². The van der Waals surface area contributed by atoms with E-state index in [4.69, 9.17) is 45.5 Å². The molecule has 26 heteroatoms. The maximum absolute atomic E-state index is 13.5. The first-order valence-electron chi connectivity index (χ1n) is 25.5. The van der Waals surface area contributed by atoms with E-state index >= 15 is 0 Å². The highest BCUT2D eigenvalue weighted by Gasteiger charge is 2.24. The van der Waals surface area contributed by atoms with Crippen LogP contribution in [0.25, 0.3) is 65.4 Å². The number of halogens is 6. The average molecular weight is 1200 g/mol. The number of hydrogen-bond donors (Lipinski definition) is 8. The van der Waals surface area contributed by atoms with Gasteiger partial charge in [0.1, 0.15) is 39.8 Å². The molecule has 0 radical (unpaired) electrons. The summed E-state index contributed by atoms with van der Waals surface area (Å²) in [7, 11) is 1.70. The summed E-state index contributed by atoms with van der Waals surface area (Å²) in [5.41, 5.74) is 10.6. The Hall–Kier alpha value is -10.4. The molecular formula is C59H40Cl3F3N14O6. The van der Waals surface area contributed by atoms with E-state index in [1.54, 1.807) is 49.9 Å². The van der Waals surface area contributed by atoms with Gasteiger partial charge in [0.25, 0.3) is 0 Å². The molecule has 85 heavy (non-hydrogen) atoms. The molecule has 0 saturated heterocycles. The van der Waals surface area contributed by atoms with Crippen molar-refractivity contribution in [2.45, 2.75) is 19.3 Å². The van der Waals surface area contributed by atoms with Crippen molar-refractivity contribution in [2.75, 3.05) is 34.0 Å². The van der Waals surface area contributed by atoms with Crippen LogP contribution in [0.1, 0.15) is 49.7 Å². The van der Waals surface area contributed by atoms with Gasteiger partial charge in [-0.3, -0.25) is 0 Å². The average Bonchev–Trinajstić information content (AvgIpc) is 4.16. The maximum atomic E-state index is 13.5. The lowest BCUT2D eigenvalue weighted by Crippen LogP contribution is -2.03. The summed E-state index contributed by atoms with van der Waals surface area (Å²) in [4.78, 5) is 73.8. The summed E-state index contributed by atoms with van der Waals surface area (Å²) >= 11 is 17.6. The summed E-state index contributed by atoms with van der Waals surface area (Å²) < 4.78 is 40.4. The van der Waals surface area contributed by atoms with Gasteiger partial charge >= 0.3 is 17.9 Å². The molecule has 9 N–H and O–H groups in total. The van der Waals surface area contributed by atoms with Gasteiger partial charge in [0.2, 0.25) is 11.9 Å². The minimum absolute atomic E-state index is 0.0118. The van der Waals surface area contributed by atoms with Crippen molar-refractivity contribution >= 4 is 165 Å². The first-order valence-corrected chi connectivity index (χ1v) is 26.6. The molecule has 424 valence electrons. The third kappa shape index (κ3) is 12.3. The molecule has 0 atom stereocenters. The fourth-order valence-electron chi connectivity index (χ4n) is 9.00. The Morgan fingerprint density at radius 3 is 1.25 bits per heavy atom. The molecule has 0 bridgehead atoms. The second-order valence-electron chi connectivity index (χ2n) is 19.1. The number of benzene rings is 6. The minimum Gasteiger partial charge on any atom is -0.478 e. The normalized spacial score (nSPS) is 11.9. The number of nitrogens with zero attached hydrogens (tertiary/aromatic N) is 9. The van der Waals surface area contributed by atoms with Crippen molar-refractivity contribution in [1.29, 1.82) is 0 Å². The van der Waals surface area contributed by atoms with E-state index in [0.717, 1.165) is 23.0 Å². The Morgan fingerprint density at radius 1 is 0.494 bits per heavy atom. The third-order valence-electron chi connectivity index (χ3n) is 13.3. The number of nitrogens with one attached hydrogen (secondary N) is 4. The summed E-state index contributed by atoms with van der Waals surface area (Å²) in [5, 5.41) is 44.1. The van der Waals surface area contributed by atoms with Crippen LogP contribution in [0.4, 0.5) is 59.6 Å². The largest absolute Gasteiger partial charge is 0.478 e. The number of anilines is 8. The van der Waals surface area contributed by atoms with Crippen LogP contribution in [0, 0.1) is 23.4 Å². The monoisotopic (exact) mass is 1200 g/mol. The van der Waals surface area contributed by atoms with E-state index in [0.29, 0.717) is 101 Å². The van der Waals surface area contributed by atoms with Crippen molar-refractivity contribution in [1.82, 2.24) is 44.9 Å². The smallest absolute Gasteiger partial charge is 0.335 e. The van der Waals surface area contributed by atoms with Gasteiger partial charge in [-0.1, -0.05) is 53.0 Å². The topological polar surface area (TPSA) is 302 Å². The maximum Gasteiger partial charge on any atom is 0.335 e. The van der Waals surface area contributed by atoms with E-state index in [1.165, 1.54) is 97.8 Å². The van der Waals surface area contributed by atoms with Crippen molar-refractivity contribution in [3.8, 4) is 0 Å². The molecule has 1 fully saturated rings. The number of fused-ring (bicyclic) bond motifs is 9. The van der Waals surface area contributed by atoms with Gasteiger partial charge in [-0.15, -0.1) is 0 Å². The molecule has 6 aromatic carbocycles. The van der Waals surface area contributed by atoms with Gasteiger partial charge in [0, 0.05) is 81.4 Å². The molecule has 0 aliphatic heterocycles. The van der Waals surface area contributed by atoms with E-state index < -0.39 is 35.4 Å². The quantitative estimate of drug-likeness (QED) is 0.0527. The minimum atomic E-state index is -1.06. The number of carboxylic acids is 3. The van der Waals surface area contributed by atoms with Crippen molar-refractivity contribution < 1.29 is 42.9 Å². The molecule has 6 heterocycles. The second-order valence-corrected chi connectivity index (χ2v) is 20.4. The zero-order chi connectivity index (χ0) is 59.8. The molecule has 6 aromatic heterocycles. The number of rotatable bonds is 12. The SMILES string of the molecule is CNc1ncc2c(n1)c(Nc1ccc(F)c(Cl)c1)nc1cc(C(=O)O)ccc12.Nc1ncc2c(n1)c(Nc1ccc(F)c(Cl)c1)nc1cc(C(=O)O)ccc12.O=C(O)c1ccc2c(c1)nc(Nc1ccc(F)c(Cl)c1)c1nc(CC3CC3)ncc12. The van der Waals surface area contributed by atoms with Gasteiger partial charge in [0.05, 0.1) is 48.3 Å². The number of carboxylic acid groups (broad SMARTS) is 3. The molecule has 12 aromatic rings. The van der Waals surface area contributed by atoms with Gasteiger partial charge < -0.3 is 42.3 Å². The molecular weight excluding hydrogens is 1160 g/mol. The summed E-state index contributed by atoms with van der Waals surface area (Å²) in [6.07, 6.45) is 8.14. The summed E-state index contributed by atoms with van der Waals surface area (Å²) in [5.74, 6) is -1.79. The highest BCUT2D eigenvalue weighted by molar-refractivity contribution is 6.31. The number of aromatic carboxylic acids is 3. The standard InChI is InChI=1S/C22H16ClFN4O2.C19H13ClFN5O2.C18H11ClFN5O2/c23-16-9-13(4-6-17(16)24)26-21-20-15(10-25-19(28-20)7-11-1-2-11)14-5-3-12(22(29)30)8-18(14)27-21;1-22-19-23-8-12-11-4-2-9(18(27)28)6-15(11)25-17(16(12)26-19)24-10-3-5-14(21)13(20)7-10;19-12-6-9(2-4-13(12)20)23-16-15-11(7-22-18(21)25-15)10-3-1-8(17(26)27)5-14(10)24-16/h3-6,8-11H,1-2,7H2,(H,26,27)(H,29,30);2-8H,1H3,(H,24,25)(H,27,28)(H,22,23,26);1-7H,(H,23,24)(H,26,27)(H2,21,22,25). The molecule has 13 rings (SSSR count). The molecule has 0 spiro atoms. The predicted molar refractivity (Wildman–Crippen MR) is 320 cm³/mol.